The molecular weight excluding hydrogens is 267 g/mol. The van der Waals surface area contributed by atoms with Crippen LogP contribution in [0.4, 0.5) is 21.5 Å². The van der Waals surface area contributed by atoms with E-state index in [-0.39, 0.29) is 16.9 Å². The molecule has 0 saturated carbocycles. The van der Waals surface area contributed by atoms with Gasteiger partial charge in [0, 0.05) is 17.8 Å². The van der Waals surface area contributed by atoms with Crippen molar-refractivity contribution in [1.29, 1.82) is 0 Å². The van der Waals surface area contributed by atoms with Crippen LogP contribution in [0, 0.1) is 15.9 Å². The number of carbonyl (C=O) groups is 1. The number of anilines is 2. The fraction of sp³-hybridized carbons (Fsp3) is 0. The van der Waals surface area contributed by atoms with E-state index >= 15 is 0 Å². The lowest BCUT2D eigenvalue weighted by Gasteiger charge is -2.09. The van der Waals surface area contributed by atoms with E-state index in [1.54, 1.807) is 6.07 Å². The number of carboxylic acids is 1. The summed E-state index contributed by atoms with van der Waals surface area (Å²) in [5.41, 5.74) is -0.0919. The lowest BCUT2D eigenvalue weighted by atomic mass is 10.1. The molecule has 20 heavy (non-hydrogen) atoms. The Hall–Kier alpha value is -2.96. The predicted molar refractivity (Wildman–Crippen MR) is 69.7 cm³/mol. The second kappa shape index (κ2) is 5.35. The number of hydrogen-bond donors (Lipinski definition) is 2. The van der Waals surface area contributed by atoms with E-state index in [9.17, 15) is 19.3 Å². The average molecular weight is 276 g/mol. The Kier molecular flexibility index (Phi) is 3.60. The van der Waals surface area contributed by atoms with Crippen LogP contribution in [0.25, 0.3) is 0 Å². The minimum absolute atomic E-state index is 0.147. The van der Waals surface area contributed by atoms with Gasteiger partial charge in [0.05, 0.1) is 16.2 Å². The van der Waals surface area contributed by atoms with Gasteiger partial charge in [-0.1, -0.05) is 6.07 Å². The fourth-order valence-corrected chi connectivity index (χ4v) is 1.65. The highest BCUT2D eigenvalue weighted by atomic mass is 19.1. The largest absolute Gasteiger partial charge is 0.478 e. The lowest BCUT2D eigenvalue weighted by Crippen LogP contribution is -2.04. The summed E-state index contributed by atoms with van der Waals surface area (Å²) in [6, 6.07) is 8.84. The fourth-order valence-electron chi connectivity index (χ4n) is 1.65. The molecule has 0 saturated heterocycles. The van der Waals surface area contributed by atoms with Crippen molar-refractivity contribution in [3.8, 4) is 0 Å². The molecule has 7 heteroatoms. The van der Waals surface area contributed by atoms with Crippen LogP contribution in [0.5, 0.6) is 0 Å². The van der Waals surface area contributed by atoms with Gasteiger partial charge in [0.15, 0.2) is 0 Å². The maximum absolute atomic E-state index is 13.1. The van der Waals surface area contributed by atoms with E-state index in [1.165, 1.54) is 30.3 Å². The number of hydrogen-bond acceptors (Lipinski definition) is 4. The molecule has 0 aliphatic rings. The van der Waals surface area contributed by atoms with Crippen LogP contribution in [0.2, 0.25) is 0 Å². The van der Waals surface area contributed by atoms with Crippen molar-refractivity contribution >= 4 is 23.0 Å². The zero-order valence-electron chi connectivity index (χ0n) is 10.0. The smallest absolute Gasteiger partial charge is 0.338 e. The molecule has 0 amide bonds. The first kappa shape index (κ1) is 13.5. The second-order valence-corrected chi connectivity index (χ2v) is 3.93. The quantitative estimate of drug-likeness (QED) is 0.660. The molecule has 2 N–H and O–H groups in total. The topological polar surface area (TPSA) is 92.5 Å². The van der Waals surface area contributed by atoms with E-state index in [0.29, 0.717) is 5.69 Å². The molecule has 0 fully saturated rings. The third kappa shape index (κ3) is 2.89. The van der Waals surface area contributed by atoms with Crippen LogP contribution in [-0.4, -0.2) is 16.0 Å². The van der Waals surface area contributed by atoms with Gasteiger partial charge in [-0.3, -0.25) is 10.1 Å². The van der Waals surface area contributed by atoms with Gasteiger partial charge in [-0.25, -0.2) is 9.18 Å². The van der Waals surface area contributed by atoms with E-state index in [2.05, 4.69) is 5.32 Å². The normalized spacial score (nSPS) is 10.1. The minimum Gasteiger partial charge on any atom is -0.478 e. The van der Waals surface area contributed by atoms with Gasteiger partial charge in [-0.05, 0) is 24.3 Å². The highest BCUT2D eigenvalue weighted by Crippen LogP contribution is 2.25. The van der Waals surface area contributed by atoms with Crippen LogP contribution >= 0.6 is 0 Å². The number of nitrogens with one attached hydrogen (secondary N) is 1. The third-order valence-corrected chi connectivity index (χ3v) is 2.55. The van der Waals surface area contributed by atoms with E-state index in [4.69, 9.17) is 5.11 Å². The zero-order valence-corrected chi connectivity index (χ0v) is 10.0. The van der Waals surface area contributed by atoms with Crippen molar-refractivity contribution in [2.75, 3.05) is 5.32 Å². The van der Waals surface area contributed by atoms with Crippen molar-refractivity contribution in [2.45, 2.75) is 0 Å². The van der Waals surface area contributed by atoms with E-state index < -0.39 is 16.7 Å². The standard InChI is InChI=1S/C13H9FN2O4/c14-8-2-1-3-9(6-8)15-12-5-4-10(16(19)20)7-11(12)13(17)18/h1-7,15H,(H,17,18). The van der Waals surface area contributed by atoms with Crippen molar-refractivity contribution in [3.63, 3.8) is 0 Å². The molecule has 0 spiro atoms. The van der Waals surface area contributed by atoms with Gasteiger partial charge in [-0.2, -0.15) is 0 Å². The molecule has 0 aromatic heterocycles. The number of halogens is 1. The summed E-state index contributed by atoms with van der Waals surface area (Å²) in [6.07, 6.45) is 0. The van der Waals surface area contributed by atoms with Crippen molar-refractivity contribution < 1.29 is 19.2 Å². The number of nitrogens with zero attached hydrogens (tertiary/aromatic N) is 1. The highest BCUT2D eigenvalue weighted by molar-refractivity contribution is 5.96. The summed E-state index contributed by atoms with van der Waals surface area (Å²) in [5, 5.41) is 22.4. The Morgan fingerprint density at radius 3 is 2.60 bits per heavy atom. The first-order valence-electron chi connectivity index (χ1n) is 5.51. The molecule has 0 aliphatic heterocycles. The Bertz CT molecular complexity index is 688. The molecule has 0 aliphatic carbocycles. The van der Waals surface area contributed by atoms with Gasteiger partial charge in [0.2, 0.25) is 0 Å². The van der Waals surface area contributed by atoms with Gasteiger partial charge in [0.1, 0.15) is 5.82 Å². The molecule has 0 atom stereocenters. The predicted octanol–water partition coefficient (Wildman–Crippen LogP) is 3.18. The van der Waals surface area contributed by atoms with Crippen molar-refractivity contribution in [1.82, 2.24) is 0 Å². The van der Waals surface area contributed by atoms with E-state index in [1.807, 2.05) is 0 Å². The summed E-state index contributed by atoms with van der Waals surface area (Å²) in [5.74, 6) is -1.79. The summed E-state index contributed by atoms with van der Waals surface area (Å²) >= 11 is 0. The Morgan fingerprint density at radius 1 is 1.25 bits per heavy atom. The number of benzene rings is 2. The zero-order chi connectivity index (χ0) is 14.7. The molecule has 0 bridgehead atoms. The minimum atomic E-state index is -1.31. The number of nitro groups is 1. The summed E-state index contributed by atoms with van der Waals surface area (Å²) in [7, 11) is 0. The Balaban J connectivity index is 2.41. The molecule has 0 radical (unpaired) electrons. The van der Waals surface area contributed by atoms with Crippen molar-refractivity contribution in [2.24, 2.45) is 0 Å². The number of aromatic carboxylic acids is 1. The third-order valence-electron chi connectivity index (χ3n) is 2.55. The number of carboxylic acid groups (broad SMARTS) is 1. The number of non-ortho nitro benzene ring substituents is 1. The summed E-state index contributed by atoms with van der Waals surface area (Å²) in [4.78, 5) is 21.1. The number of rotatable bonds is 4. The van der Waals surface area contributed by atoms with Crippen LogP contribution in [0.15, 0.2) is 42.5 Å². The lowest BCUT2D eigenvalue weighted by molar-refractivity contribution is -0.384. The molecule has 2 aromatic rings. The highest BCUT2D eigenvalue weighted by Gasteiger charge is 2.16. The van der Waals surface area contributed by atoms with Crippen LogP contribution < -0.4 is 5.32 Å². The van der Waals surface area contributed by atoms with Crippen LogP contribution in [-0.2, 0) is 0 Å². The van der Waals surface area contributed by atoms with Crippen LogP contribution in [0.1, 0.15) is 10.4 Å². The van der Waals surface area contributed by atoms with Gasteiger partial charge >= 0.3 is 5.97 Å². The average Bonchev–Trinajstić information content (AvgIpc) is 2.38. The monoisotopic (exact) mass is 276 g/mol. The molecule has 2 rings (SSSR count). The first-order chi connectivity index (χ1) is 9.47. The Morgan fingerprint density at radius 2 is 2.00 bits per heavy atom. The number of nitro benzene ring substituents is 1. The van der Waals surface area contributed by atoms with Gasteiger partial charge in [-0.15, -0.1) is 0 Å². The maximum Gasteiger partial charge on any atom is 0.338 e. The molecule has 6 nitrogen and oxygen atoms in total. The second-order valence-electron chi connectivity index (χ2n) is 3.93. The molecule has 2 aromatic carbocycles. The van der Waals surface area contributed by atoms with Crippen LogP contribution in [0.3, 0.4) is 0 Å². The SMILES string of the molecule is O=C(O)c1cc([N+](=O)[O-])ccc1Nc1cccc(F)c1. The molecule has 0 heterocycles. The maximum atomic E-state index is 13.1. The summed E-state index contributed by atoms with van der Waals surface area (Å²) < 4.78 is 13.1. The van der Waals surface area contributed by atoms with Gasteiger partial charge in [0.25, 0.3) is 5.69 Å². The summed E-state index contributed by atoms with van der Waals surface area (Å²) in [6.45, 7) is 0. The first-order valence-corrected chi connectivity index (χ1v) is 5.51. The molecular formula is C13H9FN2O4. The van der Waals surface area contributed by atoms with E-state index in [0.717, 1.165) is 6.07 Å². The Labute approximate surface area is 112 Å². The molecule has 0 unspecified atom stereocenters. The van der Waals surface area contributed by atoms with Crippen molar-refractivity contribution in [3.05, 3.63) is 64.0 Å². The molecule has 102 valence electrons. The van der Waals surface area contributed by atoms with Gasteiger partial charge < -0.3 is 10.4 Å².